The zero-order valence-electron chi connectivity index (χ0n) is 18.3. The number of anilines is 1. The fourth-order valence-electron chi connectivity index (χ4n) is 4.67. The number of rotatable bonds is 2. The molecule has 32 heavy (non-hydrogen) atoms. The van der Waals surface area contributed by atoms with Crippen molar-refractivity contribution in [2.24, 2.45) is 7.05 Å². The molecule has 0 spiro atoms. The van der Waals surface area contributed by atoms with E-state index < -0.39 is 0 Å². The summed E-state index contributed by atoms with van der Waals surface area (Å²) in [5.74, 6) is 0.817. The third kappa shape index (κ3) is 3.02. The molecule has 0 amide bonds. The summed E-state index contributed by atoms with van der Waals surface area (Å²) in [6.07, 6.45) is 1.55. The zero-order valence-corrected chi connectivity index (χ0v) is 18.3. The minimum atomic E-state index is -0.358. The quantitative estimate of drug-likeness (QED) is 0.516. The summed E-state index contributed by atoms with van der Waals surface area (Å²) in [7, 11) is 1.62. The van der Waals surface area contributed by atoms with Crippen LogP contribution < -0.4 is 10.5 Å². The fourth-order valence-corrected chi connectivity index (χ4v) is 4.67. The van der Waals surface area contributed by atoms with E-state index in [-0.39, 0.29) is 22.3 Å². The second-order valence-corrected chi connectivity index (χ2v) is 8.94. The molecule has 1 N–H and O–H groups in total. The van der Waals surface area contributed by atoms with E-state index in [0.29, 0.717) is 24.3 Å². The van der Waals surface area contributed by atoms with Crippen molar-refractivity contribution < 1.29 is 9.52 Å². The van der Waals surface area contributed by atoms with Crippen molar-refractivity contribution in [2.75, 3.05) is 18.0 Å². The van der Waals surface area contributed by atoms with Crippen molar-refractivity contribution in [3.8, 4) is 11.8 Å². The Morgan fingerprint density at radius 2 is 1.94 bits per heavy atom. The lowest BCUT2D eigenvalue weighted by Crippen LogP contribution is -2.42. The van der Waals surface area contributed by atoms with E-state index in [9.17, 15) is 15.2 Å². The summed E-state index contributed by atoms with van der Waals surface area (Å²) >= 11 is 0. The van der Waals surface area contributed by atoms with Gasteiger partial charge in [-0.25, -0.2) is 4.98 Å². The first-order valence-electron chi connectivity index (χ1n) is 10.7. The number of aromatic nitrogens is 2. The highest BCUT2D eigenvalue weighted by atomic mass is 16.3. The van der Waals surface area contributed by atoms with Gasteiger partial charge in [-0.05, 0) is 49.6 Å². The smallest absolute Gasteiger partial charge is 0.270 e. The lowest BCUT2D eigenvalue weighted by atomic mass is 9.80. The van der Waals surface area contributed by atoms with Crippen LogP contribution in [-0.4, -0.2) is 27.7 Å². The van der Waals surface area contributed by atoms with E-state index in [2.05, 4.69) is 17.9 Å². The van der Waals surface area contributed by atoms with E-state index in [1.807, 2.05) is 25.1 Å². The first-order chi connectivity index (χ1) is 15.3. The molecule has 0 saturated carbocycles. The van der Waals surface area contributed by atoms with Gasteiger partial charge in [-0.1, -0.05) is 13.0 Å². The minimum Gasteiger partial charge on any atom is -0.508 e. The first kappa shape index (κ1) is 20.1. The van der Waals surface area contributed by atoms with Crippen molar-refractivity contribution in [1.82, 2.24) is 9.55 Å². The Balaban J connectivity index is 1.53. The van der Waals surface area contributed by atoms with Crippen LogP contribution >= 0.6 is 0 Å². The lowest BCUT2D eigenvalue weighted by Gasteiger charge is -2.39. The summed E-state index contributed by atoms with van der Waals surface area (Å²) in [4.78, 5) is 19.7. The predicted octanol–water partition coefficient (Wildman–Crippen LogP) is 4.12. The number of fused-ring (bicyclic) bond motifs is 2. The molecule has 7 heteroatoms. The van der Waals surface area contributed by atoms with Gasteiger partial charge in [0.2, 0.25) is 5.89 Å². The van der Waals surface area contributed by atoms with Crippen LogP contribution in [-0.2, 0) is 12.5 Å². The molecule has 1 aliphatic heterocycles. The van der Waals surface area contributed by atoms with Gasteiger partial charge in [0.25, 0.3) is 5.56 Å². The standard InChI is InChI=1S/C25H24N4O3/c1-15-4-7-21-19(12-15)27-24(32-21)25(2)8-10-29(11-9-25)22-17-6-5-16(30)13-20(17)28(3)23(31)18(22)14-26/h4-7,12-13,30H,8-11H2,1-3H3. The first-order valence-corrected chi connectivity index (χ1v) is 10.7. The summed E-state index contributed by atoms with van der Waals surface area (Å²) < 4.78 is 7.53. The largest absolute Gasteiger partial charge is 0.508 e. The van der Waals surface area contributed by atoms with Crippen LogP contribution in [0.1, 0.15) is 36.8 Å². The van der Waals surface area contributed by atoms with Crippen molar-refractivity contribution in [1.29, 1.82) is 5.26 Å². The molecule has 2 aromatic carbocycles. The van der Waals surface area contributed by atoms with Crippen LogP contribution in [0.4, 0.5) is 5.69 Å². The van der Waals surface area contributed by atoms with Crippen LogP contribution in [0, 0.1) is 18.3 Å². The minimum absolute atomic E-state index is 0.0839. The molecule has 4 aromatic rings. The number of piperidine rings is 1. The van der Waals surface area contributed by atoms with Crippen molar-refractivity contribution in [2.45, 2.75) is 32.1 Å². The van der Waals surface area contributed by atoms with Gasteiger partial charge in [0.1, 0.15) is 22.9 Å². The Bertz CT molecular complexity index is 1470. The number of aromatic hydroxyl groups is 1. The van der Waals surface area contributed by atoms with Gasteiger partial charge in [-0.3, -0.25) is 4.79 Å². The number of nitrogens with zero attached hydrogens (tertiary/aromatic N) is 4. The maximum atomic E-state index is 12.9. The van der Waals surface area contributed by atoms with E-state index >= 15 is 0 Å². The third-order valence-electron chi connectivity index (χ3n) is 6.71. The summed E-state index contributed by atoms with van der Waals surface area (Å²) in [5, 5.41) is 20.5. The lowest BCUT2D eigenvalue weighted by molar-refractivity contribution is 0.292. The van der Waals surface area contributed by atoms with Gasteiger partial charge >= 0.3 is 0 Å². The van der Waals surface area contributed by atoms with E-state index in [1.54, 1.807) is 25.2 Å². The van der Waals surface area contributed by atoms with E-state index in [1.165, 1.54) is 4.57 Å². The molecule has 0 atom stereocenters. The molecule has 1 aliphatic rings. The zero-order chi connectivity index (χ0) is 22.6. The molecule has 5 rings (SSSR count). The van der Waals surface area contributed by atoms with Gasteiger partial charge in [-0.15, -0.1) is 0 Å². The van der Waals surface area contributed by atoms with Crippen LogP contribution in [0.2, 0.25) is 0 Å². The molecule has 1 saturated heterocycles. The molecule has 0 radical (unpaired) electrons. The third-order valence-corrected chi connectivity index (χ3v) is 6.71. The van der Waals surface area contributed by atoms with E-state index in [4.69, 9.17) is 9.40 Å². The Hall–Kier alpha value is -3.79. The average molecular weight is 428 g/mol. The Kier molecular flexibility index (Phi) is 4.48. The van der Waals surface area contributed by atoms with Crippen LogP contribution in [0.15, 0.2) is 45.6 Å². The summed E-state index contributed by atoms with van der Waals surface area (Å²) in [6.45, 7) is 5.51. The Labute approximate surface area is 185 Å². The summed E-state index contributed by atoms with van der Waals surface area (Å²) in [6, 6.07) is 13.1. The molecule has 3 heterocycles. The number of aryl methyl sites for hydroxylation is 2. The number of benzene rings is 2. The monoisotopic (exact) mass is 428 g/mol. The second-order valence-electron chi connectivity index (χ2n) is 8.94. The molecule has 162 valence electrons. The van der Waals surface area contributed by atoms with Crippen LogP contribution in [0.5, 0.6) is 5.75 Å². The topological polar surface area (TPSA) is 95.3 Å². The number of phenolic OH excluding ortho intramolecular Hbond substituents is 1. The second kappa shape index (κ2) is 7.13. The van der Waals surface area contributed by atoms with Gasteiger partial charge < -0.3 is 19.0 Å². The number of hydrogen-bond donors (Lipinski definition) is 1. The number of pyridine rings is 1. The van der Waals surface area contributed by atoms with Crippen molar-refractivity contribution in [3.63, 3.8) is 0 Å². The number of nitriles is 1. The molecule has 2 aromatic heterocycles. The predicted molar refractivity (Wildman–Crippen MR) is 123 cm³/mol. The average Bonchev–Trinajstić information content (AvgIpc) is 3.21. The normalized spacial score (nSPS) is 15.9. The molecular formula is C25H24N4O3. The van der Waals surface area contributed by atoms with Crippen LogP contribution in [0.25, 0.3) is 22.0 Å². The van der Waals surface area contributed by atoms with Gasteiger partial charge in [0, 0.05) is 37.0 Å². The van der Waals surface area contributed by atoms with Crippen molar-refractivity contribution in [3.05, 3.63) is 63.8 Å². The highest BCUT2D eigenvalue weighted by molar-refractivity contribution is 5.95. The molecular weight excluding hydrogens is 404 g/mol. The summed E-state index contributed by atoms with van der Waals surface area (Å²) in [5.41, 5.74) is 3.59. The maximum absolute atomic E-state index is 12.9. The van der Waals surface area contributed by atoms with Crippen molar-refractivity contribution >= 4 is 27.7 Å². The molecule has 0 bridgehead atoms. The molecule has 0 unspecified atom stereocenters. The SMILES string of the molecule is Cc1ccc2oc(C3(C)CCN(c4c(C#N)c(=O)n(C)c5cc(O)ccc45)CC3)nc2c1. The van der Waals surface area contributed by atoms with E-state index in [0.717, 1.165) is 40.8 Å². The molecule has 1 fully saturated rings. The van der Waals surface area contributed by atoms with Gasteiger partial charge in [0.05, 0.1) is 11.2 Å². The number of hydrogen-bond acceptors (Lipinski definition) is 6. The van der Waals surface area contributed by atoms with Crippen LogP contribution in [0.3, 0.4) is 0 Å². The highest BCUT2D eigenvalue weighted by Gasteiger charge is 2.37. The Morgan fingerprint density at radius 1 is 1.19 bits per heavy atom. The van der Waals surface area contributed by atoms with Gasteiger partial charge in [0.15, 0.2) is 5.58 Å². The number of phenols is 1. The maximum Gasteiger partial charge on any atom is 0.270 e. The number of oxazole rings is 1. The highest BCUT2D eigenvalue weighted by Crippen LogP contribution is 2.39. The van der Waals surface area contributed by atoms with Gasteiger partial charge in [-0.2, -0.15) is 5.26 Å². The fraction of sp³-hybridized carbons (Fsp3) is 0.320. The molecule has 7 nitrogen and oxygen atoms in total. The Morgan fingerprint density at radius 3 is 2.66 bits per heavy atom. The molecule has 0 aliphatic carbocycles.